The minimum absolute atomic E-state index is 0.182. The SMILES string of the molecule is CCOc1cc(NC(C)c2csc(Cl)c2)ccc1OC. The van der Waals surface area contributed by atoms with Crippen LogP contribution in [0.4, 0.5) is 5.69 Å². The predicted octanol–water partition coefficient (Wildman–Crippen LogP) is 4.98. The summed E-state index contributed by atoms with van der Waals surface area (Å²) in [4.78, 5) is 0. The molecule has 0 aliphatic heterocycles. The lowest BCUT2D eigenvalue weighted by atomic mass is 10.1. The number of hydrogen-bond acceptors (Lipinski definition) is 4. The first-order valence-electron chi connectivity index (χ1n) is 6.45. The maximum absolute atomic E-state index is 5.97. The maximum Gasteiger partial charge on any atom is 0.163 e. The van der Waals surface area contributed by atoms with E-state index in [1.54, 1.807) is 18.4 Å². The Kier molecular flexibility index (Phi) is 5.15. The quantitative estimate of drug-likeness (QED) is 0.816. The van der Waals surface area contributed by atoms with Crippen molar-refractivity contribution in [3.63, 3.8) is 0 Å². The zero-order chi connectivity index (χ0) is 14.5. The zero-order valence-corrected chi connectivity index (χ0v) is 13.3. The summed E-state index contributed by atoms with van der Waals surface area (Å²) >= 11 is 7.51. The van der Waals surface area contributed by atoms with E-state index in [-0.39, 0.29) is 6.04 Å². The number of nitrogens with one attached hydrogen (secondary N) is 1. The molecular formula is C15H18ClNO2S. The molecule has 0 saturated heterocycles. The number of hydrogen-bond donors (Lipinski definition) is 1. The van der Waals surface area contributed by atoms with Crippen molar-refractivity contribution in [3.05, 3.63) is 39.5 Å². The first kappa shape index (κ1) is 15.0. The molecular weight excluding hydrogens is 294 g/mol. The average molecular weight is 312 g/mol. The predicted molar refractivity (Wildman–Crippen MR) is 85.5 cm³/mol. The lowest BCUT2D eigenvalue weighted by Crippen LogP contribution is -2.06. The molecule has 0 aliphatic carbocycles. The Morgan fingerprint density at radius 2 is 2.10 bits per heavy atom. The summed E-state index contributed by atoms with van der Waals surface area (Å²) in [5, 5.41) is 5.50. The molecule has 0 saturated carbocycles. The van der Waals surface area contributed by atoms with Gasteiger partial charge in [0.05, 0.1) is 18.1 Å². The van der Waals surface area contributed by atoms with Gasteiger partial charge in [0.1, 0.15) is 0 Å². The number of benzene rings is 1. The maximum atomic E-state index is 5.97. The minimum Gasteiger partial charge on any atom is -0.493 e. The highest BCUT2D eigenvalue weighted by Gasteiger charge is 2.10. The van der Waals surface area contributed by atoms with Crippen LogP contribution >= 0.6 is 22.9 Å². The van der Waals surface area contributed by atoms with Gasteiger partial charge in [-0.1, -0.05) is 11.6 Å². The van der Waals surface area contributed by atoms with Crippen molar-refractivity contribution >= 4 is 28.6 Å². The highest BCUT2D eigenvalue weighted by molar-refractivity contribution is 7.14. The summed E-state index contributed by atoms with van der Waals surface area (Å²) in [5.41, 5.74) is 2.16. The highest BCUT2D eigenvalue weighted by Crippen LogP contribution is 2.32. The first-order chi connectivity index (χ1) is 9.63. The molecule has 1 unspecified atom stereocenters. The fourth-order valence-corrected chi connectivity index (χ4v) is 2.90. The molecule has 0 bridgehead atoms. The Labute approximate surface area is 128 Å². The monoisotopic (exact) mass is 311 g/mol. The molecule has 0 aliphatic rings. The topological polar surface area (TPSA) is 30.5 Å². The summed E-state index contributed by atoms with van der Waals surface area (Å²) in [6.45, 7) is 4.66. The second-order valence-electron chi connectivity index (χ2n) is 4.35. The van der Waals surface area contributed by atoms with E-state index >= 15 is 0 Å². The van der Waals surface area contributed by atoms with Crippen LogP contribution in [0.2, 0.25) is 4.34 Å². The van der Waals surface area contributed by atoms with Crippen molar-refractivity contribution in [2.75, 3.05) is 19.0 Å². The molecule has 20 heavy (non-hydrogen) atoms. The second kappa shape index (κ2) is 6.86. The Bertz CT molecular complexity index is 571. The van der Waals surface area contributed by atoms with E-state index in [1.807, 2.05) is 31.2 Å². The van der Waals surface area contributed by atoms with E-state index in [4.69, 9.17) is 21.1 Å². The molecule has 1 N–H and O–H groups in total. The Balaban J connectivity index is 2.14. The molecule has 3 nitrogen and oxygen atoms in total. The average Bonchev–Trinajstić information content (AvgIpc) is 2.86. The van der Waals surface area contributed by atoms with Crippen molar-refractivity contribution in [1.82, 2.24) is 0 Å². The number of ether oxygens (including phenoxy) is 2. The van der Waals surface area contributed by atoms with E-state index in [1.165, 1.54) is 5.56 Å². The van der Waals surface area contributed by atoms with Gasteiger partial charge in [-0.2, -0.15) is 0 Å². The molecule has 0 radical (unpaired) electrons. The fourth-order valence-electron chi connectivity index (χ4n) is 1.92. The molecule has 1 aromatic carbocycles. The van der Waals surface area contributed by atoms with E-state index in [9.17, 15) is 0 Å². The lowest BCUT2D eigenvalue weighted by Gasteiger charge is -2.16. The van der Waals surface area contributed by atoms with Crippen LogP contribution < -0.4 is 14.8 Å². The van der Waals surface area contributed by atoms with Gasteiger partial charge in [-0.05, 0) is 43.0 Å². The Hall–Kier alpha value is -1.39. The standard InChI is InChI=1S/C15H18ClNO2S/c1-4-19-14-8-12(5-6-13(14)18-3)17-10(2)11-7-15(16)20-9-11/h5-10,17H,4H2,1-3H3. The molecule has 108 valence electrons. The summed E-state index contributed by atoms with van der Waals surface area (Å²) in [5.74, 6) is 1.49. The summed E-state index contributed by atoms with van der Waals surface area (Å²) < 4.78 is 11.7. The van der Waals surface area contributed by atoms with Gasteiger partial charge in [0, 0.05) is 17.8 Å². The van der Waals surface area contributed by atoms with Gasteiger partial charge in [0.15, 0.2) is 11.5 Å². The van der Waals surface area contributed by atoms with Gasteiger partial charge in [0.2, 0.25) is 0 Å². The molecule has 1 atom stereocenters. The molecule has 2 aromatic rings. The molecule has 1 aromatic heterocycles. The van der Waals surface area contributed by atoms with E-state index in [0.29, 0.717) is 6.61 Å². The van der Waals surface area contributed by atoms with E-state index < -0.39 is 0 Å². The van der Waals surface area contributed by atoms with E-state index in [2.05, 4.69) is 17.6 Å². The second-order valence-corrected chi connectivity index (χ2v) is 5.89. The minimum atomic E-state index is 0.182. The van der Waals surface area contributed by atoms with Gasteiger partial charge in [-0.3, -0.25) is 0 Å². The van der Waals surface area contributed by atoms with Gasteiger partial charge in [-0.15, -0.1) is 11.3 Å². The molecule has 2 rings (SSSR count). The first-order valence-corrected chi connectivity index (χ1v) is 7.71. The third-order valence-corrected chi connectivity index (χ3v) is 4.04. The molecule has 5 heteroatoms. The van der Waals surface area contributed by atoms with E-state index in [0.717, 1.165) is 21.5 Å². The van der Waals surface area contributed by atoms with Gasteiger partial charge in [-0.25, -0.2) is 0 Å². The molecule has 1 heterocycles. The van der Waals surface area contributed by atoms with Crippen LogP contribution in [-0.2, 0) is 0 Å². The summed E-state index contributed by atoms with van der Waals surface area (Å²) in [6.07, 6.45) is 0. The number of halogens is 1. The largest absolute Gasteiger partial charge is 0.493 e. The molecule has 0 amide bonds. The number of rotatable bonds is 6. The highest BCUT2D eigenvalue weighted by atomic mass is 35.5. The number of methoxy groups -OCH3 is 1. The Morgan fingerprint density at radius 3 is 2.70 bits per heavy atom. The van der Waals surface area contributed by atoms with Gasteiger partial charge >= 0.3 is 0 Å². The molecule has 0 fully saturated rings. The van der Waals surface area contributed by atoms with Crippen LogP contribution in [0.3, 0.4) is 0 Å². The Morgan fingerprint density at radius 1 is 1.30 bits per heavy atom. The lowest BCUT2D eigenvalue weighted by molar-refractivity contribution is 0.311. The van der Waals surface area contributed by atoms with Gasteiger partial charge < -0.3 is 14.8 Å². The van der Waals surface area contributed by atoms with Crippen LogP contribution in [0.5, 0.6) is 11.5 Å². The van der Waals surface area contributed by atoms with Crippen molar-refractivity contribution < 1.29 is 9.47 Å². The van der Waals surface area contributed by atoms with Crippen molar-refractivity contribution in [2.45, 2.75) is 19.9 Å². The zero-order valence-electron chi connectivity index (χ0n) is 11.8. The van der Waals surface area contributed by atoms with Crippen molar-refractivity contribution in [1.29, 1.82) is 0 Å². The van der Waals surface area contributed by atoms with Gasteiger partial charge in [0.25, 0.3) is 0 Å². The molecule has 0 spiro atoms. The summed E-state index contributed by atoms with van der Waals surface area (Å²) in [7, 11) is 1.64. The fraction of sp³-hybridized carbons (Fsp3) is 0.333. The normalized spacial score (nSPS) is 12.0. The summed E-state index contributed by atoms with van der Waals surface area (Å²) in [6, 6.07) is 8.00. The van der Waals surface area contributed by atoms with Crippen LogP contribution in [0, 0.1) is 0 Å². The third kappa shape index (κ3) is 3.58. The van der Waals surface area contributed by atoms with Crippen LogP contribution in [0.1, 0.15) is 25.5 Å². The van der Waals surface area contributed by atoms with Crippen LogP contribution in [-0.4, -0.2) is 13.7 Å². The smallest absolute Gasteiger partial charge is 0.163 e. The number of anilines is 1. The van der Waals surface area contributed by atoms with Crippen LogP contribution in [0.15, 0.2) is 29.6 Å². The van der Waals surface area contributed by atoms with Crippen molar-refractivity contribution in [2.24, 2.45) is 0 Å². The van der Waals surface area contributed by atoms with Crippen molar-refractivity contribution in [3.8, 4) is 11.5 Å². The third-order valence-electron chi connectivity index (χ3n) is 2.93. The number of thiophene rings is 1. The van der Waals surface area contributed by atoms with Crippen LogP contribution in [0.25, 0.3) is 0 Å².